The fraction of sp³-hybridized carbons (Fsp3) is 0.621. The average Bonchev–Trinajstić information content (AvgIpc) is 3.62. The number of ether oxygens (including phenoxy) is 2. The molecule has 2 unspecified atom stereocenters. The standard InChI is InChI=1S/C22H30N4O3.C3H8O.C2H6.C2H2/c1-21(2)11-18(27)26(20(23)25-21)12-13-9-15(13)19(28)24-16-10-22(3,4)29-17-8-6-5-7-14(16)17;1-3-4-2;2*1-2/h5-8,13,15-16H,9-12H2,1-4H3,(H2,23,25)(H,24,28);3H2,1-2H3;1-2H3;1-2H/t13-,15?,16?;;;/m1.../s1. The summed E-state index contributed by atoms with van der Waals surface area (Å²) < 4.78 is 10.6. The van der Waals surface area contributed by atoms with Gasteiger partial charge in [0.2, 0.25) is 11.8 Å². The fourth-order valence-electron chi connectivity index (χ4n) is 4.41. The molecule has 206 valence electrons. The van der Waals surface area contributed by atoms with Crippen molar-refractivity contribution in [2.75, 3.05) is 20.3 Å². The number of carbonyl (C=O) groups is 2. The van der Waals surface area contributed by atoms with Crippen LogP contribution in [0.2, 0.25) is 0 Å². The number of para-hydroxylation sites is 1. The minimum atomic E-state index is -0.457. The van der Waals surface area contributed by atoms with Crippen molar-refractivity contribution in [2.45, 2.75) is 84.9 Å². The topological polar surface area (TPSA) is 106 Å². The van der Waals surface area contributed by atoms with Gasteiger partial charge in [-0.3, -0.25) is 14.5 Å². The van der Waals surface area contributed by atoms with E-state index in [0.29, 0.717) is 19.4 Å². The molecule has 4 rings (SSSR count). The molecule has 0 aromatic heterocycles. The quantitative estimate of drug-likeness (QED) is 0.570. The molecule has 1 aromatic rings. The highest BCUT2D eigenvalue weighted by molar-refractivity contribution is 5.99. The first-order valence-electron chi connectivity index (χ1n) is 13.0. The number of terminal acetylenes is 1. The molecule has 2 heterocycles. The maximum Gasteiger partial charge on any atom is 0.231 e. The number of benzene rings is 1. The van der Waals surface area contributed by atoms with E-state index in [1.54, 1.807) is 7.11 Å². The molecular weight excluding hydrogens is 468 g/mol. The molecule has 3 aliphatic rings. The lowest BCUT2D eigenvalue weighted by atomic mass is 9.89. The van der Waals surface area contributed by atoms with E-state index in [4.69, 9.17) is 10.5 Å². The van der Waals surface area contributed by atoms with Crippen LogP contribution >= 0.6 is 0 Å². The molecule has 0 bridgehead atoms. The van der Waals surface area contributed by atoms with Crippen LogP contribution in [0.15, 0.2) is 29.3 Å². The van der Waals surface area contributed by atoms with E-state index in [1.165, 1.54) is 4.90 Å². The number of aliphatic imine (C=N–C) groups is 1. The molecule has 3 atom stereocenters. The molecule has 37 heavy (non-hydrogen) atoms. The van der Waals surface area contributed by atoms with Crippen LogP contribution in [0.25, 0.3) is 0 Å². The number of carbonyl (C=O) groups excluding carboxylic acids is 2. The fourth-order valence-corrected chi connectivity index (χ4v) is 4.41. The molecule has 0 saturated heterocycles. The van der Waals surface area contributed by atoms with Crippen molar-refractivity contribution in [3.8, 4) is 18.6 Å². The largest absolute Gasteiger partial charge is 0.487 e. The van der Waals surface area contributed by atoms with E-state index in [9.17, 15) is 9.59 Å². The summed E-state index contributed by atoms with van der Waals surface area (Å²) in [5.74, 6) is 1.13. The lowest BCUT2D eigenvalue weighted by Gasteiger charge is -2.38. The zero-order valence-electron chi connectivity index (χ0n) is 23.8. The van der Waals surface area contributed by atoms with Gasteiger partial charge in [-0.25, -0.2) is 4.99 Å². The van der Waals surface area contributed by atoms with Crippen molar-refractivity contribution in [2.24, 2.45) is 22.6 Å². The highest BCUT2D eigenvalue weighted by Gasteiger charge is 2.47. The molecule has 1 aromatic carbocycles. The Bertz CT molecular complexity index is 952. The van der Waals surface area contributed by atoms with Crippen molar-refractivity contribution in [3.63, 3.8) is 0 Å². The Balaban J connectivity index is 0.000000767. The average molecular weight is 515 g/mol. The van der Waals surface area contributed by atoms with Crippen LogP contribution < -0.4 is 15.8 Å². The minimum Gasteiger partial charge on any atom is -0.487 e. The Kier molecular flexibility index (Phi) is 12.1. The number of rotatable bonds is 5. The van der Waals surface area contributed by atoms with Crippen LogP contribution in [0.4, 0.5) is 0 Å². The molecule has 0 radical (unpaired) electrons. The third-order valence-electron chi connectivity index (χ3n) is 6.24. The van der Waals surface area contributed by atoms with Crippen LogP contribution in [0.5, 0.6) is 5.75 Å². The van der Waals surface area contributed by atoms with Gasteiger partial charge in [-0.05, 0) is 53.0 Å². The smallest absolute Gasteiger partial charge is 0.231 e. The lowest BCUT2D eigenvalue weighted by molar-refractivity contribution is -0.130. The number of fused-ring (bicyclic) bond motifs is 1. The van der Waals surface area contributed by atoms with Gasteiger partial charge < -0.3 is 20.5 Å². The van der Waals surface area contributed by atoms with Crippen LogP contribution in [0.1, 0.15) is 79.3 Å². The molecule has 8 heteroatoms. The van der Waals surface area contributed by atoms with Crippen LogP contribution in [0, 0.1) is 24.7 Å². The Morgan fingerprint density at radius 2 is 1.84 bits per heavy atom. The second kappa shape index (κ2) is 14.0. The van der Waals surface area contributed by atoms with E-state index in [0.717, 1.165) is 24.3 Å². The van der Waals surface area contributed by atoms with E-state index < -0.39 is 5.54 Å². The lowest BCUT2D eigenvalue weighted by Crippen LogP contribution is -2.50. The maximum absolute atomic E-state index is 12.9. The van der Waals surface area contributed by atoms with Gasteiger partial charge in [0.05, 0.1) is 18.0 Å². The molecule has 1 saturated carbocycles. The second-order valence-corrected chi connectivity index (χ2v) is 10.3. The Hall–Kier alpha value is -3.05. The number of nitrogens with zero attached hydrogens (tertiary/aromatic N) is 2. The van der Waals surface area contributed by atoms with E-state index in [1.807, 2.05) is 72.7 Å². The summed E-state index contributed by atoms with van der Waals surface area (Å²) in [6.07, 6.45) is 9.82. The van der Waals surface area contributed by atoms with Crippen LogP contribution in [0.3, 0.4) is 0 Å². The molecule has 2 amide bonds. The molecule has 1 aliphatic carbocycles. The summed E-state index contributed by atoms with van der Waals surface area (Å²) in [7, 11) is 1.68. The van der Waals surface area contributed by atoms with Gasteiger partial charge in [0.15, 0.2) is 5.96 Å². The summed E-state index contributed by atoms with van der Waals surface area (Å²) in [5, 5.41) is 3.21. The summed E-state index contributed by atoms with van der Waals surface area (Å²) in [6.45, 7) is 15.1. The van der Waals surface area contributed by atoms with Gasteiger partial charge in [-0.1, -0.05) is 32.0 Å². The summed E-state index contributed by atoms with van der Waals surface area (Å²) in [4.78, 5) is 31.3. The van der Waals surface area contributed by atoms with Crippen molar-refractivity contribution in [1.29, 1.82) is 0 Å². The highest BCUT2D eigenvalue weighted by Crippen LogP contribution is 2.43. The number of nitrogens with one attached hydrogen (secondary N) is 1. The Morgan fingerprint density at radius 3 is 2.41 bits per heavy atom. The van der Waals surface area contributed by atoms with E-state index in [-0.39, 0.29) is 41.3 Å². The zero-order valence-corrected chi connectivity index (χ0v) is 23.8. The molecular formula is C29H46N4O4. The normalized spacial score (nSPS) is 24.1. The van der Waals surface area contributed by atoms with Crippen molar-refractivity contribution >= 4 is 17.8 Å². The number of nitrogens with two attached hydrogens (primary N) is 1. The first kappa shape index (κ1) is 32.0. The highest BCUT2D eigenvalue weighted by atomic mass is 16.5. The molecule has 3 N–H and O–H groups in total. The van der Waals surface area contributed by atoms with Gasteiger partial charge in [-0.15, -0.1) is 12.8 Å². The maximum atomic E-state index is 12.9. The van der Waals surface area contributed by atoms with Gasteiger partial charge in [0.1, 0.15) is 11.4 Å². The van der Waals surface area contributed by atoms with Gasteiger partial charge in [0, 0.05) is 38.2 Å². The Morgan fingerprint density at radius 1 is 1.24 bits per heavy atom. The van der Waals surface area contributed by atoms with Gasteiger partial charge in [0.25, 0.3) is 0 Å². The minimum absolute atomic E-state index is 0.0198. The van der Waals surface area contributed by atoms with Crippen LogP contribution in [-0.2, 0) is 14.3 Å². The van der Waals surface area contributed by atoms with Crippen molar-refractivity contribution < 1.29 is 19.1 Å². The van der Waals surface area contributed by atoms with E-state index >= 15 is 0 Å². The second-order valence-electron chi connectivity index (χ2n) is 10.3. The zero-order chi connectivity index (χ0) is 28.4. The summed E-state index contributed by atoms with van der Waals surface area (Å²) >= 11 is 0. The first-order valence-corrected chi connectivity index (χ1v) is 13.0. The number of guanidine groups is 1. The van der Waals surface area contributed by atoms with Crippen LogP contribution in [-0.4, -0.2) is 54.1 Å². The third-order valence-corrected chi connectivity index (χ3v) is 6.24. The summed E-state index contributed by atoms with van der Waals surface area (Å²) in [5.41, 5.74) is 6.23. The molecule has 2 aliphatic heterocycles. The monoisotopic (exact) mass is 514 g/mol. The number of hydrogen-bond acceptors (Lipinski definition) is 6. The van der Waals surface area contributed by atoms with Gasteiger partial charge >= 0.3 is 0 Å². The van der Waals surface area contributed by atoms with Gasteiger partial charge in [-0.2, -0.15) is 0 Å². The predicted octanol–water partition coefficient (Wildman–Crippen LogP) is 4.30. The van der Waals surface area contributed by atoms with E-state index in [2.05, 4.69) is 27.9 Å². The third kappa shape index (κ3) is 9.08. The molecule has 1 fully saturated rings. The number of methoxy groups -OCH3 is 1. The number of amides is 2. The number of hydrogen-bond donors (Lipinski definition) is 2. The summed E-state index contributed by atoms with van der Waals surface area (Å²) in [6, 6.07) is 7.78. The van der Waals surface area contributed by atoms with Crippen molar-refractivity contribution in [3.05, 3.63) is 29.8 Å². The first-order chi connectivity index (χ1) is 17.5. The predicted molar refractivity (Wildman–Crippen MR) is 149 cm³/mol. The Labute approximate surface area is 223 Å². The molecule has 8 nitrogen and oxygen atoms in total. The van der Waals surface area contributed by atoms with Crippen molar-refractivity contribution in [1.82, 2.24) is 10.2 Å². The molecule has 0 spiro atoms. The SMILES string of the molecule is C#C.CC.CC1(C)CC(=O)N(C[C@H]2CC2C(=O)NC2CC(C)(C)Oc3ccccc32)C(N)=N1.CCOC.